The van der Waals surface area contributed by atoms with Gasteiger partial charge in [-0.2, -0.15) is 0 Å². The van der Waals surface area contributed by atoms with Crippen molar-refractivity contribution in [1.82, 2.24) is 0 Å². The van der Waals surface area contributed by atoms with E-state index in [-0.39, 0.29) is 5.91 Å². The van der Waals surface area contributed by atoms with Crippen molar-refractivity contribution in [3.05, 3.63) is 42.0 Å². The van der Waals surface area contributed by atoms with Gasteiger partial charge in [0.1, 0.15) is 19.0 Å². The van der Waals surface area contributed by atoms with Crippen LogP contribution in [-0.2, 0) is 4.79 Å². The van der Waals surface area contributed by atoms with Gasteiger partial charge in [-0.05, 0) is 49.2 Å². The van der Waals surface area contributed by atoms with E-state index in [1.54, 1.807) is 0 Å². The molecule has 0 unspecified atom stereocenters. The zero-order valence-electron chi connectivity index (χ0n) is 15.0. The van der Waals surface area contributed by atoms with Crippen LogP contribution in [0.5, 0.6) is 17.2 Å². The molecule has 0 fully saturated rings. The van der Waals surface area contributed by atoms with Gasteiger partial charge in [-0.25, -0.2) is 0 Å². The summed E-state index contributed by atoms with van der Waals surface area (Å²) >= 11 is 1.46. The van der Waals surface area contributed by atoms with E-state index in [2.05, 4.69) is 12.2 Å². The minimum Gasteiger partial charge on any atom is -0.491 e. The number of amides is 1. The van der Waals surface area contributed by atoms with Crippen molar-refractivity contribution in [2.24, 2.45) is 0 Å². The Hall–Kier alpha value is -2.34. The lowest BCUT2D eigenvalue weighted by molar-refractivity contribution is -0.113. The van der Waals surface area contributed by atoms with Crippen LogP contribution in [0, 0.1) is 6.92 Å². The van der Waals surface area contributed by atoms with Gasteiger partial charge >= 0.3 is 0 Å². The first kappa shape index (κ1) is 18.5. The molecular weight excluding hydrogens is 350 g/mol. The van der Waals surface area contributed by atoms with E-state index < -0.39 is 0 Å². The van der Waals surface area contributed by atoms with Crippen molar-refractivity contribution < 1.29 is 19.0 Å². The number of thioether (sulfide) groups is 1. The third kappa shape index (κ3) is 4.85. The number of ether oxygens (including phenoxy) is 3. The van der Waals surface area contributed by atoms with Crippen LogP contribution in [0.25, 0.3) is 0 Å². The van der Waals surface area contributed by atoms with E-state index in [0.29, 0.717) is 37.0 Å². The number of aryl methyl sites for hydroxylation is 1. The number of anilines is 1. The highest BCUT2D eigenvalue weighted by atomic mass is 32.2. The maximum atomic E-state index is 12.3. The smallest absolute Gasteiger partial charge is 0.234 e. The fourth-order valence-corrected chi connectivity index (χ4v) is 3.24. The summed E-state index contributed by atoms with van der Waals surface area (Å²) in [6.07, 6.45) is 0.918. The Morgan fingerprint density at radius 3 is 2.77 bits per heavy atom. The van der Waals surface area contributed by atoms with Crippen molar-refractivity contribution in [2.75, 3.05) is 30.9 Å². The van der Waals surface area contributed by atoms with Crippen molar-refractivity contribution in [3.8, 4) is 17.2 Å². The quantitative estimate of drug-likeness (QED) is 0.734. The summed E-state index contributed by atoms with van der Waals surface area (Å²) in [5, 5.41) is 2.94. The molecule has 0 saturated heterocycles. The molecule has 0 radical (unpaired) electrons. The third-order valence-corrected chi connectivity index (χ3v) is 4.75. The van der Waals surface area contributed by atoms with Gasteiger partial charge in [-0.3, -0.25) is 4.79 Å². The summed E-state index contributed by atoms with van der Waals surface area (Å²) in [6.45, 7) is 5.80. The van der Waals surface area contributed by atoms with E-state index in [1.165, 1.54) is 11.8 Å². The van der Waals surface area contributed by atoms with Gasteiger partial charge in [0.05, 0.1) is 18.0 Å². The van der Waals surface area contributed by atoms with E-state index in [1.807, 2.05) is 43.3 Å². The number of carbonyl (C=O) groups is 1. The maximum Gasteiger partial charge on any atom is 0.234 e. The largest absolute Gasteiger partial charge is 0.491 e. The Labute approximate surface area is 158 Å². The van der Waals surface area contributed by atoms with Crippen LogP contribution < -0.4 is 19.5 Å². The highest BCUT2D eigenvalue weighted by molar-refractivity contribution is 8.00. The molecular formula is C20H23NO4S. The predicted molar refractivity (Wildman–Crippen MR) is 104 cm³/mol. The van der Waals surface area contributed by atoms with E-state index >= 15 is 0 Å². The summed E-state index contributed by atoms with van der Waals surface area (Å²) in [5.74, 6) is 2.43. The van der Waals surface area contributed by atoms with Crippen LogP contribution in [0.3, 0.4) is 0 Å². The van der Waals surface area contributed by atoms with Gasteiger partial charge < -0.3 is 19.5 Å². The molecule has 138 valence electrons. The zero-order valence-corrected chi connectivity index (χ0v) is 15.9. The maximum absolute atomic E-state index is 12.3. The second kappa shape index (κ2) is 8.85. The molecule has 0 atom stereocenters. The molecule has 0 spiro atoms. The van der Waals surface area contributed by atoms with Gasteiger partial charge in [0.15, 0.2) is 11.5 Å². The number of rotatable bonds is 7. The second-order valence-corrected chi connectivity index (χ2v) is 7.04. The molecule has 0 aromatic heterocycles. The molecule has 2 aromatic rings. The standard InChI is InChI=1S/C20H23NO4S/c1-3-8-23-18-11-14(2)4-6-16(18)21-20(22)13-26-15-5-7-17-19(12-15)25-10-9-24-17/h4-7,11-12H,3,8-10,13H2,1-2H3,(H,21,22). The monoisotopic (exact) mass is 373 g/mol. The van der Waals surface area contributed by atoms with E-state index in [9.17, 15) is 4.79 Å². The van der Waals surface area contributed by atoms with Gasteiger partial charge in [0.25, 0.3) is 0 Å². The first-order chi connectivity index (χ1) is 12.7. The lowest BCUT2D eigenvalue weighted by atomic mass is 10.2. The summed E-state index contributed by atoms with van der Waals surface area (Å²) in [7, 11) is 0. The normalized spacial score (nSPS) is 12.5. The Bertz CT molecular complexity index is 778. The summed E-state index contributed by atoms with van der Waals surface area (Å²) in [6, 6.07) is 11.5. The molecule has 0 saturated carbocycles. The summed E-state index contributed by atoms with van der Waals surface area (Å²) in [4.78, 5) is 13.3. The van der Waals surface area contributed by atoms with Crippen LogP contribution in [-0.4, -0.2) is 31.5 Å². The summed E-state index contributed by atoms with van der Waals surface area (Å²) in [5.41, 5.74) is 1.80. The van der Waals surface area contributed by atoms with Crippen molar-refractivity contribution in [1.29, 1.82) is 0 Å². The van der Waals surface area contributed by atoms with E-state index in [0.717, 1.165) is 28.4 Å². The number of nitrogens with one attached hydrogen (secondary N) is 1. The Kier molecular flexibility index (Phi) is 6.28. The molecule has 26 heavy (non-hydrogen) atoms. The second-order valence-electron chi connectivity index (χ2n) is 5.99. The average molecular weight is 373 g/mol. The molecule has 1 heterocycles. The highest BCUT2D eigenvalue weighted by Gasteiger charge is 2.13. The molecule has 1 N–H and O–H groups in total. The minimum absolute atomic E-state index is 0.0740. The zero-order chi connectivity index (χ0) is 18.4. The van der Waals surface area contributed by atoms with Crippen LogP contribution in [0.1, 0.15) is 18.9 Å². The molecule has 5 nitrogen and oxygen atoms in total. The Morgan fingerprint density at radius 2 is 1.96 bits per heavy atom. The number of fused-ring (bicyclic) bond motifs is 1. The van der Waals surface area contributed by atoms with Crippen LogP contribution in [0.15, 0.2) is 41.3 Å². The molecule has 3 rings (SSSR count). The predicted octanol–water partition coefficient (Wildman–Crippen LogP) is 4.29. The van der Waals surface area contributed by atoms with Gasteiger partial charge in [-0.1, -0.05) is 13.0 Å². The Morgan fingerprint density at radius 1 is 1.15 bits per heavy atom. The first-order valence-corrected chi connectivity index (χ1v) is 9.70. The molecule has 1 aliphatic rings. The molecule has 1 aliphatic heterocycles. The number of benzene rings is 2. The molecule has 6 heteroatoms. The van der Waals surface area contributed by atoms with Crippen molar-refractivity contribution in [2.45, 2.75) is 25.2 Å². The molecule has 0 aliphatic carbocycles. The van der Waals surface area contributed by atoms with Crippen LogP contribution in [0.2, 0.25) is 0 Å². The fraction of sp³-hybridized carbons (Fsp3) is 0.350. The lowest BCUT2D eigenvalue weighted by Crippen LogP contribution is -2.16. The van der Waals surface area contributed by atoms with Crippen LogP contribution in [0.4, 0.5) is 5.69 Å². The fourth-order valence-electron chi connectivity index (χ4n) is 2.51. The van der Waals surface area contributed by atoms with Crippen LogP contribution >= 0.6 is 11.8 Å². The summed E-state index contributed by atoms with van der Waals surface area (Å²) < 4.78 is 16.8. The molecule has 0 bridgehead atoms. The molecule has 1 amide bonds. The Balaban J connectivity index is 1.59. The highest BCUT2D eigenvalue weighted by Crippen LogP contribution is 2.34. The third-order valence-electron chi connectivity index (χ3n) is 3.76. The van der Waals surface area contributed by atoms with E-state index in [4.69, 9.17) is 14.2 Å². The first-order valence-electron chi connectivity index (χ1n) is 8.71. The SMILES string of the molecule is CCCOc1cc(C)ccc1NC(=O)CSc1ccc2c(c1)OCCO2. The number of hydrogen-bond acceptors (Lipinski definition) is 5. The van der Waals surface area contributed by atoms with Crippen molar-refractivity contribution >= 4 is 23.4 Å². The van der Waals surface area contributed by atoms with Gasteiger partial charge in [0, 0.05) is 4.90 Å². The van der Waals surface area contributed by atoms with Gasteiger partial charge in [-0.15, -0.1) is 11.8 Å². The molecule has 2 aromatic carbocycles. The van der Waals surface area contributed by atoms with Crippen molar-refractivity contribution in [3.63, 3.8) is 0 Å². The van der Waals surface area contributed by atoms with Gasteiger partial charge in [0.2, 0.25) is 5.91 Å². The lowest BCUT2D eigenvalue weighted by Gasteiger charge is -2.18. The number of hydrogen-bond donors (Lipinski definition) is 1. The minimum atomic E-state index is -0.0740. The topological polar surface area (TPSA) is 56.8 Å². The number of carbonyl (C=O) groups excluding carboxylic acids is 1. The average Bonchev–Trinajstić information content (AvgIpc) is 2.66.